The van der Waals surface area contributed by atoms with Gasteiger partial charge in [-0.15, -0.1) is 0 Å². The average Bonchev–Trinajstić information content (AvgIpc) is 2.83. The number of amides is 3. The zero-order valence-corrected chi connectivity index (χ0v) is 11.5. The van der Waals surface area contributed by atoms with E-state index < -0.39 is 22.6 Å². The molecule has 23 heavy (non-hydrogen) atoms. The smallest absolute Gasteiger partial charge is 0.269 e. The zero-order chi connectivity index (χ0) is 16.6. The summed E-state index contributed by atoms with van der Waals surface area (Å²) in [7, 11) is 0. The molecule has 0 bridgehead atoms. The van der Waals surface area contributed by atoms with E-state index in [9.17, 15) is 24.5 Å². The standard InChI is InChI=1S/C15H9N3O5/c19-13(8-4-6-9(7-5-8)18(22)23)16-11-3-1-2-10-12(11)15(21)17-14(10)20/h1-7H,(H,16,19)(H,17,20,21). The number of rotatable bonds is 3. The summed E-state index contributed by atoms with van der Waals surface area (Å²) in [5, 5.41) is 15.3. The summed E-state index contributed by atoms with van der Waals surface area (Å²) < 4.78 is 0. The number of imide groups is 1. The highest BCUT2D eigenvalue weighted by Crippen LogP contribution is 2.25. The molecule has 0 atom stereocenters. The van der Waals surface area contributed by atoms with Crippen LogP contribution in [-0.4, -0.2) is 22.6 Å². The predicted molar refractivity (Wildman–Crippen MR) is 79.3 cm³/mol. The number of nitrogens with zero attached hydrogens (tertiary/aromatic N) is 1. The van der Waals surface area contributed by atoms with Crippen LogP contribution < -0.4 is 10.6 Å². The van der Waals surface area contributed by atoms with Crippen LogP contribution in [0.15, 0.2) is 42.5 Å². The van der Waals surface area contributed by atoms with Gasteiger partial charge in [-0.1, -0.05) is 6.07 Å². The highest BCUT2D eigenvalue weighted by atomic mass is 16.6. The van der Waals surface area contributed by atoms with Crippen LogP contribution in [0.4, 0.5) is 11.4 Å². The first kappa shape index (κ1) is 14.4. The summed E-state index contributed by atoms with van der Waals surface area (Å²) in [4.78, 5) is 45.6. The molecule has 0 saturated carbocycles. The molecule has 2 aromatic carbocycles. The molecule has 1 aliphatic heterocycles. The minimum Gasteiger partial charge on any atom is -0.321 e. The molecule has 8 nitrogen and oxygen atoms in total. The van der Waals surface area contributed by atoms with Crippen LogP contribution in [0.2, 0.25) is 0 Å². The van der Waals surface area contributed by atoms with Gasteiger partial charge >= 0.3 is 0 Å². The molecule has 2 N–H and O–H groups in total. The molecule has 0 fully saturated rings. The Labute approximate surface area is 129 Å². The molecule has 1 aliphatic rings. The molecular weight excluding hydrogens is 302 g/mol. The maximum atomic E-state index is 12.2. The molecular formula is C15H9N3O5. The number of hydrogen-bond acceptors (Lipinski definition) is 5. The van der Waals surface area contributed by atoms with Crippen LogP contribution in [0.5, 0.6) is 0 Å². The maximum absolute atomic E-state index is 12.2. The predicted octanol–water partition coefficient (Wildman–Crippen LogP) is 1.73. The van der Waals surface area contributed by atoms with Gasteiger partial charge in [0, 0.05) is 17.7 Å². The van der Waals surface area contributed by atoms with Crippen LogP contribution in [0.3, 0.4) is 0 Å². The lowest BCUT2D eigenvalue weighted by Crippen LogP contribution is -2.20. The number of nitrogens with one attached hydrogen (secondary N) is 2. The fourth-order valence-corrected chi connectivity index (χ4v) is 2.25. The number of nitro groups is 1. The Morgan fingerprint density at radius 1 is 1.04 bits per heavy atom. The van der Waals surface area contributed by atoms with E-state index in [-0.39, 0.29) is 28.1 Å². The lowest BCUT2D eigenvalue weighted by atomic mass is 10.1. The molecule has 1 heterocycles. The first-order chi connectivity index (χ1) is 11.0. The molecule has 3 rings (SSSR count). The topological polar surface area (TPSA) is 118 Å². The Hall–Kier alpha value is -3.55. The highest BCUT2D eigenvalue weighted by molar-refractivity contribution is 6.25. The molecule has 0 aliphatic carbocycles. The van der Waals surface area contributed by atoms with Crippen molar-refractivity contribution in [3.8, 4) is 0 Å². The molecule has 0 radical (unpaired) electrons. The number of fused-ring (bicyclic) bond motifs is 1. The third-order valence-corrected chi connectivity index (χ3v) is 3.35. The molecule has 0 spiro atoms. The van der Waals surface area contributed by atoms with Gasteiger partial charge < -0.3 is 5.32 Å². The van der Waals surface area contributed by atoms with Crippen LogP contribution in [0.1, 0.15) is 31.1 Å². The number of nitro benzene ring substituents is 1. The largest absolute Gasteiger partial charge is 0.321 e. The van der Waals surface area contributed by atoms with Crippen molar-refractivity contribution >= 4 is 29.1 Å². The first-order valence-electron chi connectivity index (χ1n) is 6.52. The van der Waals surface area contributed by atoms with E-state index >= 15 is 0 Å². The van der Waals surface area contributed by atoms with E-state index in [0.717, 1.165) is 0 Å². The van der Waals surface area contributed by atoms with Gasteiger partial charge in [0.15, 0.2) is 0 Å². The number of carbonyl (C=O) groups excluding carboxylic acids is 3. The second-order valence-electron chi connectivity index (χ2n) is 4.77. The highest BCUT2D eigenvalue weighted by Gasteiger charge is 2.29. The van der Waals surface area contributed by atoms with E-state index in [2.05, 4.69) is 10.6 Å². The van der Waals surface area contributed by atoms with Crippen LogP contribution >= 0.6 is 0 Å². The van der Waals surface area contributed by atoms with E-state index in [1.54, 1.807) is 6.07 Å². The third-order valence-electron chi connectivity index (χ3n) is 3.35. The SMILES string of the molecule is O=C(Nc1cccc2c1C(=O)NC2=O)c1ccc([N+](=O)[O-])cc1. The fraction of sp³-hybridized carbons (Fsp3) is 0. The molecule has 0 unspecified atom stereocenters. The van der Waals surface area contributed by atoms with Crippen molar-refractivity contribution in [1.82, 2.24) is 5.32 Å². The zero-order valence-electron chi connectivity index (χ0n) is 11.5. The molecule has 3 amide bonds. The van der Waals surface area contributed by atoms with Gasteiger partial charge in [0.2, 0.25) is 0 Å². The van der Waals surface area contributed by atoms with Gasteiger partial charge in [-0.05, 0) is 24.3 Å². The Kier molecular flexibility index (Phi) is 3.34. The van der Waals surface area contributed by atoms with E-state index in [1.807, 2.05) is 0 Å². The van der Waals surface area contributed by atoms with Crippen molar-refractivity contribution in [2.75, 3.05) is 5.32 Å². The van der Waals surface area contributed by atoms with E-state index in [0.29, 0.717) is 0 Å². The second-order valence-corrected chi connectivity index (χ2v) is 4.77. The second kappa shape index (κ2) is 5.34. The van der Waals surface area contributed by atoms with Crippen molar-refractivity contribution in [2.45, 2.75) is 0 Å². The summed E-state index contributed by atoms with van der Waals surface area (Å²) in [6.45, 7) is 0. The van der Waals surface area contributed by atoms with E-state index in [1.165, 1.54) is 36.4 Å². The summed E-state index contributed by atoms with van der Waals surface area (Å²) in [6.07, 6.45) is 0. The van der Waals surface area contributed by atoms with Crippen molar-refractivity contribution < 1.29 is 19.3 Å². The van der Waals surface area contributed by atoms with Crippen LogP contribution in [0, 0.1) is 10.1 Å². The Morgan fingerprint density at radius 2 is 1.74 bits per heavy atom. The summed E-state index contributed by atoms with van der Waals surface area (Å²) >= 11 is 0. The average molecular weight is 311 g/mol. The summed E-state index contributed by atoms with van der Waals surface area (Å²) in [5.41, 5.74) is 0.559. The first-order valence-corrected chi connectivity index (χ1v) is 6.52. The van der Waals surface area contributed by atoms with Gasteiger partial charge in [0.25, 0.3) is 23.4 Å². The van der Waals surface area contributed by atoms with E-state index in [4.69, 9.17) is 0 Å². The van der Waals surface area contributed by atoms with Gasteiger partial charge in [-0.25, -0.2) is 0 Å². The third kappa shape index (κ3) is 2.53. The summed E-state index contributed by atoms with van der Waals surface area (Å²) in [6, 6.07) is 9.56. The maximum Gasteiger partial charge on any atom is 0.269 e. The quantitative estimate of drug-likeness (QED) is 0.508. The van der Waals surface area contributed by atoms with Crippen LogP contribution in [-0.2, 0) is 0 Å². The van der Waals surface area contributed by atoms with Crippen molar-refractivity contribution in [3.63, 3.8) is 0 Å². The van der Waals surface area contributed by atoms with Crippen molar-refractivity contribution in [2.24, 2.45) is 0 Å². The fourth-order valence-electron chi connectivity index (χ4n) is 2.25. The molecule has 8 heteroatoms. The number of non-ortho nitro benzene ring substituents is 1. The molecule has 0 aromatic heterocycles. The van der Waals surface area contributed by atoms with Gasteiger partial charge in [0.1, 0.15) is 0 Å². The Morgan fingerprint density at radius 3 is 2.39 bits per heavy atom. The normalized spacial score (nSPS) is 12.5. The van der Waals surface area contributed by atoms with Crippen molar-refractivity contribution in [3.05, 3.63) is 69.3 Å². The minimum absolute atomic E-state index is 0.104. The van der Waals surface area contributed by atoms with Gasteiger partial charge in [-0.2, -0.15) is 0 Å². The number of carbonyl (C=O) groups is 3. The molecule has 114 valence electrons. The van der Waals surface area contributed by atoms with Gasteiger partial charge in [0.05, 0.1) is 21.7 Å². The van der Waals surface area contributed by atoms with Crippen LogP contribution in [0.25, 0.3) is 0 Å². The molecule has 0 saturated heterocycles. The number of anilines is 1. The van der Waals surface area contributed by atoms with Gasteiger partial charge in [-0.3, -0.25) is 29.8 Å². The number of hydrogen-bond donors (Lipinski definition) is 2. The lowest BCUT2D eigenvalue weighted by Gasteiger charge is -2.08. The Balaban J connectivity index is 1.88. The number of benzene rings is 2. The summed E-state index contributed by atoms with van der Waals surface area (Å²) in [5.74, 6) is -1.64. The van der Waals surface area contributed by atoms with Crippen molar-refractivity contribution in [1.29, 1.82) is 0 Å². The minimum atomic E-state index is -0.579. The molecule has 2 aromatic rings. The monoisotopic (exact) mass is 311 g/mol. The Bertz CT molecular complexity index is 858. The lowest BCUT2D eigenvalue weighted by molar-refractivity contribution is -0.384.